The lowest BCUT2D eigenvalue weighted by Gasteiger charge is -2.37. The fraction of sp³-hybridized carbons (Fsp3) is 0.286. The molecule has 3 rings (SSSR count). The summed E-state index contributed by atoms with van der Waals surface area (Å²) in [7, 11) is -4.59. The molecule has 1 saturated heterocycles. The molecule has 0 spiro atoms. The number of rotatable bonds is 4. The molecule has 0 amide bonds. The smallest absolute Gasteiger partial charge is 0.324 e. The molecule has 10 heteroatoms. The first-order chi connectivity index (χ1) is 11.3. The van der Waals surface area contributed by atoms with Crippen molar-refractivity contribution < 1.29 is 37.1 Å². The summed E-state index contributed by atoms with van der Waals surface area (Å²) in [4.78, 5) is 23.1. The van der Waals surface area contributed by atoms with Gasteiger partial charge in [-0.1, -0.05) is 0 Å². The molecule has 3 heterocycles. The van der Waals surface area contributed by atoms with Crippen molar-refractivity contribution >= 4 is 21.8 Å². The molecule has 4 atom stereocenters. The molecule has 24 heavy (non-hydrogen) atoms. The fourth-order valence-electron chi connectivity index (χ4n) is 2.87. The van der Waals surface area contributed by atoms with Gasteiger partial charge in [0.15, 0.2) is 20.3 Å². The van der Waals surface area contributed by atoms with Gasteiger partial charge in [0.1, 0.15) is 11.5 Å². The third kappa shape index (κ3) is 2.49. The van der Waals surface area contributed by atoms with Gasteiger partial charge < -0.3 is 19.0 Å². The van der Waals surface area contributed by atoms with Crippen LogP contribution in [-0.2, 0) is 19.4 Å². The maximum atomic E-state index is 12.7. The molecular formula is C14H13NO8S. The summed E-state index contributed by atoms with van der Waals surface area (Å²) in [5, 5.41) is 17.5. The minimum atomic E-state index is -4.59. The molecule has 0 saturated carbocycles. The molecule has 3 N–H and O–H groups in total. The molecule has 1 aliphatic rings. The predicted octanol–water partition coefficient (Wildman–Crippen LogP) is 0.579. The first-order valence-electron chi connectivity index (χ1n) is 6.85. The zero-order chi connectivity index (χ0) is 17.5. The molecule has 0 bridgehead atoms. The van der Waals surface area contributed by atoms with E-state index < -0.39 is 44.4 Å². The van der Waals surface area contributed by atoms with Crippen LogP contribution in [0.25, 0.3) is 0 Å². The van der Waals surface area contributed by atoms with Gasteiger partial charge in [0.25, 0.3) is 0 Å². The van der Waals surface area contributed by atoms with E-state index in [-0.39, 0.29) is 11.5 Å². The maximum Gasteiger partial charge on any atom is 0.324 e. The molecule has 0 aliphatic carbocycles. The Balaban J connectivity index is 2.16. The van der Waals surface area contributed by atoms with Crippen LogP contribution in [0.15, 0.2) is 45.6 Å². The second-order valence-electron chi connectivity index (χ2n) is 5.26. The van der Waals surface area contributed by atoms with Crippen molar-refractivity contribution in [3.05, 3.63) is 48.3 Å². The van der Waals surface area contributed by atoms with Crippen LogP contribution in [0.5, 0.6) is 0 Å². The standard InChI is InChI=1S/C14H13NO8S/c16-13(17)11-9(7-3-1-5-22-7)15-10(8-4-2-6-23-8)12(14(18)19)24(11,20)21/h1-6,9-12,15H,(H,16,17)(H,18,19)/t9-,10+,11-,12-/m0/s1. The van der Waals surface area contributed by atoms with Gasteiger partial charge in [-0.25, -0.2) is 8.42 Å². The topological polar surface area (TPSA) is 147 Å². The Kier molecular flexibility index (Phi) is 3.93. The van der Waals surface area contributed by atoms with Crippen molar-refractivity contribution in [2.45, 2.75) is 22.6 Å². The van der Waals surface area contributed by atoms with Crippen LogP contribution in [0, 0.1) is 0 Å². The molecule has 2 aromatic rings. The molecule has 0 radical (unpaired) electrons. The highest BCUT2D eigenvalue weighted by atomic mass is 32.2. The van der Waals surface area contributed by atoms with E-state index in [1.165, 1.54) is 36.8 Å². The van der Waals surface area contributed by atoms with Gasteiger partial charge in [0, 0.05) is 0 Å². The quantitative estimate of drug-likeness (QED) is 0.716. The van der Waals surface area contributed by atoms with Crippen LogP contribution in [0.3, 0.4) is 0 Å². The van der Waals surface area contributed by atoms with Crippen molar-refractivity contribution in [1.29, 1.82) is 0 Å². The number of aliphatic carboxylic acids is 2. The number of hydrogen-bond donors (Lipinski definition) is 3. The summed E-state index contributed by atoms with van der Waals surface area (Å²) in [5.74, 6) is -3.17. The number of carboxylic acids is 2. The maximum absolute atomic E-state index is 12.7. The Labute approximate surface area is 135 Å². The average Bonchev–Trinajstić information content (AvgIpc) is 3.17. The van der Waals surface area contributed by atoms with Gasteiger partial charge in [-0.2, -0.15) is 0 Å². The SMILES string of the molecule is O=C(O)[C@@H]1[C@@H](c2ccco2)N[C@@H](c2ccco2)[C@@H](C(=O)O)S1(=O)=O. The second-order valence-corrected chi connectivity index (χ2v) is 7.45. The first-order valence-corrected chi connectivity index (χ1v) is 8.46. The Morgan fingerprint density at radius 2 is 1.33 bits per heavy atom. The van der Waals surface area contributed by atoms with Crippen molar-refractivity contribution in [1.82, 2.24) is 5.32 Å². The van der Waals surface area contributed by atoms with E-state index in [2.05, 4.69) is 5.32 Å². The van der Waals surface area contributed by atoms with Crippen molar-refractivity contribution in [3.63, 3.8) is 0 Å². The van der Waals surface area contributed by atoms with Crippen molar-refractivity contribution in [2.75, 3.05) is 0 Å². The Bertz CT molecular complexity index is 775. The molecule has 0 unspecified atom stereocenters. The van der Waals surface area contributed by atoms with Gasteiger partial charge in [0.05, 0.1) is 24.6 Å². The number of carbonyl (C=O) groups is 2. The Morgan fingerprint density at radius 3 is 1.62 bits per heavy atom. The van der Waals surface area contributed by atoms with E-state index in [1.54, 1.807) is 0 Å². The van der Waals surface area contributed by atoms with E-state index in [9.17, 15) is 28.2 Å². The Hall–Kier alpha value is -2.59. The van der Waals surface area contributed by atoms with Crippen molar-refractivity contribution in [2.24, 2.45) is 0 Å². The van der Waals surface area contributed by atoms with Gasteiger partial charge in [-0.05, 0) is 24.3 Å². The third-order valence-electron chi connectivity index (χ3n) is 3.86. The van der Waals surface area contributed by atoms with Crippen LogP contribution in [-0.4, -0.2) is 41.1 Å². The summed E-state index contributed by atoms with van der Waals surface area (Å²) >= 11 is 0. The van der Waals surface area contributed by atoms with Gasteiger partial charge >= 0.3 is 11.9 Å². The monoisotopic (exact) mass is 355 g/mol. The number of carboxylic acid groups (broad SMARTS) is 2. The Morgan fingerprint density at radius 1 is 0.917 bits per heavy atom. The predicted molar refractivity (Wildman–Crippen MR) is 77.8 cm³/mol. The second kappa shape index (κ2) is 5.80. The molecular weight excluding hydrogens is 342 g/mol. The van der Waals surface area contributed by atoms with Crippen LogP contribution >= 0.6 is 0 Å². The normalized spacial score (nSPS) is 29.2. The minimum absolute atomic E-state index is 0.0753. The minimum Gasteiger partial charge on any atom is -0.480 e. The highest BCUT2D eigenvalue weighted by molar-refractivity contribution is 7.94. The van der Waals surface area contributed by atoms with Crippen LogP contribution in [0.4, 0.5) is 0 Å². The van der Waals surface area contributed by atoms with E-state index in [0.717, 1.165) is 0 Å². The lowest BCUT2D eigenvalue weighted by atomic mass is 10.0. The average molecular weight is 355 g/mol. The largest absolute Gasteiger partial charge is 0.480 e. The summed E-state index contributed by atoms with van der Waals surface area (Å²) in [6, 6.07) is 3.29. The number of hydrogen-bond acceptors (Lipinski definition) is 7. The molecule has 2 aromatic heterocycles. The fourth-order valence-corrected chi connectivity index (χ4v) is 4.93. The number of nitrogens with one attached hydrogen (secondary N) is 1. The summed E-state index contributed by atoms with van der Waals surface area (Å²) in [6.07, 6.45) is 2.54. The zero-order valence-electron chi connectivity index (χ0n) is 12.0. The van der Waals surface area contributed by atoms with Crippen LogP contribution in [0.1, 0.15) is 23.6 Å². The summed E-state index contributed by atoms with van der Waals surface area (Å²) < 4.78 is 35.7. The van der Waals surface area contributed by atoms with Gasteiger partial charge in [-0.15, -0.1) is 0 Å². The van der Waals surface area contributed by atoms with Crippen LogP contribution in [0.2, 0.25) is 0 Å². The molecule has 1 fully saturated rings. The van der Waals surface area contributed by atoms with Gasteiger partial charge in [-0.3, -0.25) is 14.9 Å². The van der Waals surface area contributed by atoms with E-state index in [1.807, 2.05) is 0 Å². The van der Waals surface area contributed by atoms with E-state index in [4.69, 9.17) is 8.83 Å². The van der Waals surface area contributed by atoms with Crippen LogP contribution < -0.4 is 5.32 Å². The molecule has 1 aliphatic heterocycles. The lowest BCUT2D eigenvalue weighted by Crippen LogP contribution is -2.58. The molecule has 9 nitrogen and oxygen atoms in total. The van der Waals surface area contributed by atoms with Crippen molar-refractivity contribution in [3.8, 4) is 0 Å². The molecule has 0 aromatic carbocycles. The van der Waals surface area contributed by atoms with E-state index in [0.29, 0.717) is 0 Å². The first kappa shape index (κ1) is 16.3. The highest BCUT2D eigenvalue weighted by Crippen LogP contribution is 2.38. The summed E-state index contributed by atoms with van der Waals surface area (Å²) in [5.41, 5.74) is 0. The third-order valence-corrected chi connectivity index (χ3v) is 6.22. The molecule has 128 valence electrons. The number of sulfone groups is 1. The highest BCUT2D eigenvalue weighted by Gasteiger charge is 2.57. The number of furan rings is 2. The van der Waals surface area contributed by atoms with E-state index >= 15 is 0 Å². The zero-order valence-corrected chi connectivity index (χ0v) is 12.8. The lowest BCUT2D eigenvalue weighted by molar-refractivity contribution is -0.138. The summed E-state index contributed by atoms with van der Waals surface area (Å²) in [6.45, 7) is 0. The van der Waals surface area contributed by atoms with Gasteiger partial charge in [0.2, 0.25) is 0 Å².